The maximum Gasteiger partial charge on any atom is 0.123 e. The lowest BCUT2D eigenvalue weighted by molar-refractivity contribution is 0.404. The molecule has 2 aromatic carbocycles. The molecule has 0 spiro atoms. The van der Waals surface area contributed by atoms with E-state index < -0.39 is 0 Å². The molecule has 0 saturated carbocycles. The first-order chi connectivity index (χ1) is 11.1. The van der Waals surface area contributed by atoms with Gasteiger partial charge < -0.3 is 10.2 Å². The Bertz CT molecular complexity index is 628. The van der Waals surface area contributed by atoms with Gasteiger partial charge >= 0.3 is 0 Å². The molecule has 3 heteroatoms. The second kappa shape index (κ2) is 8.61. The van der Waals surface area contributed by atoms with Crippen LogP contribution in [0.5, 0.6) is 0 Å². The highest BCUT2D eigenvalue weighted by atomic mass is 19.1. The molecule has 122 valence electrons. The maximum absolute atomic E-state index is 13.0. The van der Waals surface area contributed by atoms with Gasteiger partial charge in [-0.3, -0.25) is 0 Å². The van der Waals surface area contributed by atoms with E-state index in [9.17, 15) is 4.39 Å². The summed E-state index contributed by atoms with van der Waals surface area (Å²) in [6.07, 6.45) is 2.21. The molecule has 2 nitrogen and oxygen atoms in total. The van der Waals surface area contributed by atoms with E-state index in [1.54, 1.807) is 0 Å². The molecule has 0 aliphatic rings. The van der Waals surface area contributed by atoms with E-state index in [0.717, 1.165) is 30.8 Å². The average Bonchev–Trinajstić information content (AvgIpc) is 2.55. The Kier molecular flexibility index (Phi) is 6.51. The number of nitrogens with one attached hydrogen (secondary N) is 1. The summed E-state index contributed by atoms with van der Waals surface area (Å²) < 4.78 is 13.0. The van der Waals surface area contributed by atoms with Crippen LogP contribution in [0, 0.1) is 5.82 Å². The molecule has 0 unspecified atom stereocenters. The Balaban J connectivity index is 1.94. The first-order valence-electron chi connectivity index (χ1n) is 7.95. The Labute approximate surface area is 138 Å². The smallest absolute Gasteiger partial charge is 0.123 e. The SMILES string of the molecule is C/C(=C/CNCCN(C)C)c1ccc(-c2ccc(F)cc2)cc1. The van der Waals surface area contributed by atoms with Gasteiger partial charge in [0.1, 0.15) is 5.82 Å². The highest BCUT2D eigenvalue weighted by Crippen LogP contribution is 2.22. The molecule has 0 aliphatic carbocycles. The van der Waals surface area contributed by atoms with E-state index in [2.05, 4.69) is 61.6 Å². The summed E-state index contributed by atoms with van der Waals surface area (Å²) >= 11 is 0. The van der Waals surface area contributed by atoms with Gasteiger partial charge in [0.25, 0.3) is 0 Å². The van der Waals surface area contributed by atoms with Gasteiger partial charge in [-0.25, -0.2) is 4.39 Å². The van der Waals surface area contributed by atoms with Crippen LogP contribution in [-0.2, 0) is 0 Å². The van der Waals surface area contributed by atoms with E-state index in [0.29, 0.717) is 0 Å². The predicted octanol–water partition coefficient (Wildman–Crippen LogP) is 4.05. The Morgan fingerprint density at radius 2 is 1.57 bits per heavy atom. The summed E-state index contributed by atoms with van der Waals surface area (Å²) in [7, 11) is 4.15. The zero-order valence-corrected chi connectivity index (χ0v) is 14.1. The summed E-state index contributed by atoms with van der Waals surface area (Å²) in [6, 6.07) is 15.0. The number of rotatable bonds is 7. The van der Waals surface area contributed by atoms with Crippen molar-refractivity contribution in [3.63, 3.8) is 0 Å². The molecule has 0 aromatic heterocycles. The minimum absolute atomic E-state index is 0.203. The number of allylic oxidation sites excluding steroid dienone is 1. The first-order valence-corrected chi connectivity index (χ1v) is 7.95. The molecule has 1 N–H and O–H groups in total. The van der Waals surface area contributed by atoms with Crippen LogP contribution in [-0.4, -0.2) is 38.6 Å². The molecule has 2 aromatic rings. The van der Waals surface area contributed by atoms with Crippen molar-refractivity contribution < 1.29 is 4.39 Å². The summed E-state index contributed by atoms with van der Waals surface area (Å²) in [4.78, 5) is 2.16. The number of hydrogen-bond donors (Lipinski definition) is 1. The zero-order chi connectivity index (χ0) is 16.7. The lowest BCUT2D eigenvalue weighted by atomic mass is 10.0. The van der Waals surface area contributed by atoms with Crippen LogP contribution in [0.15, 0.2) is 54.6 Å². The van der Waals surface area contributed by atoms with Gasteiger partial charge in [0.05, 0.1) is 0 Å². The van der Waals surface area contributed by atoms with Gasteiger partial charge in [-0.1, -0.05) is 42.5 Å². The van der Waals surface area contributed by atoms with Gasteiger partial charge in [0.15, 0.2) is 0 Å². The third-order valence-corrected chi connectivity index (χ3v) is 3.81. The fourth-order valence-electron chi connectivity index (χ4n) is 2.32. The fraction of sp³-hybridized carbons (Fsp3) is 0.300. The molecule has 0 fully saturated rings. The van der Waals surface area contributed by atoms with Crippen molar-refractivity contribution in [2.45, 2.75) is 6.92 Å². The molecular weight excluding hydrogens is 287 g/mol. The van der Waals surface area contributed by atoms with Crippen LogP contribution >= 0.6 is 0 Å². The molecule has 0 atom stereocenters. The van der Waals surface area contributed by atoms with E-state index in [4.69, 9.17) is 0 Å². The Morgan fingerprint density at radius 3 is 2.13 bits per heavy atom. The highest BCUT2D eigenvalue weighted by Gasteiger charge is 2.00. The van der Waals surface area contributed by atoms with Crippen LogP contribution < -0.4 is 5.32 Å². The second-order valence-corrected chi connectivity index (χ2v) is 5.98. The lowest BCUT2D eigenvalue weighted by Gasteiger charge is -2.09. The topological polar surface area (TPSA) is 15.3 Å². The number of likely N-dealkylation sites (N-methyl/N-ethyl adjacent to an activating group) is 1. The quantitative estimate of drug-likeness (QED) is 0.776. The molecule has 0 heterocycles. The standard InChI is InChI=1S/C20H25FN2/c1-16(12-13-22-14-15-23(2)3)17-4-6-18(7-5-17)19-8-10-20(21)11-9-19/h4-12,22H,13-15H2,1-3H3/b16-12-. The van der Waals surface area contributed by atoms with Crippen molar-refractivity contribution in [1.82, 2.24) is 10.2 Å². The molecular formula is C20H25FN2. The van der Waals surface area contributed by atoms with Crippen molar-refractivity contribution in [3.8, 4) is 11.1 Å². The van der Waals surface area contributed by atoms with E-state index >= 15 is 0 Å². The Hall–Kier alpha value is -1.97. The normalized spacial score (nSPS) is 12.0. The largest absolute Gasteiger partial charge is 0.312 e. The third kappa shape index (κ3) is 5.62. The molecule has 0 bridgehead atoms. The summed E-state index contributed by atoms with van der Waals surface area (Å²) in [6.45, 7) is 5.03. The van der Waals surface area contributed by atoms with Crippen LogP contribution in [0.1, 0.15) is 12.5 Å². The second-order valence-electron chi connectivity index (χ2n) is 5.98. The highest BCUT2D eigenvalue weighted by molar-refractivity contribution is 5.69. The predicted molar refractivity (Wildman–Crippen MR) is 96.9 cm³/mol. The lowest BCUT2D eigenvalue weighted by Crippen LogP contribution is -2.26. The Morgan fingerprint density at radius 1 is 1.00 bits per heavy atom. The van der Waals surface area contributed by atoms with Crippen LogP contribution in [0.25, 0.3) is 16.7 Å². The number of hydrogen-bond acceptors (Lipinski definition) is 2. The van der Waals surface area contributed by atoms with Crippen molar-refractivity contribution in [3.05, 3.63) is 66.0 Å². The summed E-state index contributed by atoms with van der Waals surface area (Å²) in [5.41, 5.74) is 4.61. The van der Waals surface area contributed by atoms with Gasteiger partial charge in [0.2, 0.25) is 0 Å². The average molecular weight is 312 g/mol. The zero-order valence-electron chi connectivity index (χ0n) is 14.1. The molecule has 0 radical (unpaired) electrons. The number of halogens is 1. The van der Waals surface area contributed by atoms with E-state index in [-0.39, 0.29) is 5.82 Å². The third-order valence-electron chi connectivity index (χ3n) is 3.81. The van der Waals surface area contributed by atoms with E-state index in [1.165, 1.54) is 23.3 Å². The van der Waals surface area contributed by atoms with Crippen molar-refractivity contribution in [2.75, 3.05) is 33.7 Å². The van der Waals surface area contributed by atoms with Crippen molar-refractivity contribution in [2.24, 2.45) is 0 Å². The first kappa shape index (κ1) is 17.4. The van der Waals surface area contributed by atoms with Crippen LogP contribution in [0.2, 0.25) is 0 Å². The summed E-state index contributed by atoms with van der Waals surface area (Å²) in [5.74, 6) is -0.203. The van der Waals surface area contributed by atoms with Crippen molar-refractivity contribution in [1.29, 1.82) is 0 Å². The van der Waals surface area contributed by atoms with Gasteiger partial charge in [0, 0.05) is 19.6 Å². The van der Waals surface area contributed by atoms with Crippen LogP contribution in [0.3, 0.4) is 0 Å². The number of nitrogens with zero attached hydrogens (tertiary/aromatic N) is 1. The minimum Gasteiger partial charge on any atom is -0.312 e. The monoisotopic (exact) mass is 312 g/mol. The number of benzene rings is 2. The summed E-state index contributed by atoms with van der Waals surface area (Å²) in [5, 5.41) is 3.41. The molecule has 23 heavy (non-hydrogen) atoms. The van der Waals surface area contributed by atoms with Gasteiger partial charge in [-0.15, -0.1) is 0 Å². The maximum atomic E-state index is 13.0. The molecule has 0 aliphatic heterocycles. The molecule has 0 saturated heterocycles. The van der Waals surface area contributed by atoms with Crippen molar-refractivity contribution >= 4 is 5.57 Å². The van der Waals surface area contributed by atoms with Gasteiger partial charge in [-0.2, -0.15) is 0 Å². The van der Waals surface area contributed by atoms with E-state index in [1.807, 2.05) is 12.1 Å². The van der Waals surface area contributed by atoms with Crippen LogP contribution in [0.4, 0.5) is 4.39 Å². The minimum atomic E-state index is -0.203. The molecule has 0 amide bonds. The fourth-order valence-corrected chi connectivity index (χ4v) is 2.32. The van der Waals surface area contributed by atoms with Gasteiger partial charge in [-0.05, 0) is 55.4 Å². The molecule has 2 rings (SSSR count).